The summed E-state index contributed by atoms with van der Waals surface area (Å²) < 4.78 is 28.5. The van der Waals surface area contributed by atoms with Crippen LogP contribution >= 0.6 is 0 Å². The number of hydrogen-bond acceptors (Lipinski definition) is 3. The van der Waals surface area contributed by atoms with Gasteiger partial charge in [-0.25, -0.2) is 8.42 Å². The standard InChI is InChI=1S/C25H24N2O3S/c1-3-16-26(22-12-5-4-6-13-22)25(28)21-11-9-14-23(18-21)31(29,30)27-19(2)17-20-10-7-8-15-24(20)27/h3-15,18-19H,1,16-17H2,2H3. The molecular formula is C25H24N2O3S. The van der Waals surface area contributed by atoms with Gasteiger partial charge in [-0.3, -0.25) is 9.10 Å². The van der Waals surface area contributed by atoms with E-state index in [1.807, 2.05) is 61.5 Å². The average Bonchev–Trinajstić information content (AvgIpc) is 3.14. The van der Waals surface area contributed by atoms with Crippen molar-refractivity contribution in [3.8, 4) is 0 Å². The fraction of sp³-hybridized carbons (Fsp3) is 0.160. The van der Waals surface area contributed by atoms with Gasteiger partial charge in [-0.05, 0) is 55.3 Å². The third kappa shape index (κ3) is 3.86. The summed E-state index contributed by atoms with van der Waals surface area (Å²) in [5.41, 5.74) is 2.74. The quantitative estimate of drug-likeness (QED) is 0.533. The lowest BCUT2D eigenvalue weighted by Gasteiger charge is -2.25. The van der Waals surface area contributed by atoms with Crippen LogP contribution in [0.2, 0.25) is 0 Å². The van der Waals surface area contributed by atoms with Gasteiger partial charge in [0.15, 0.2) is 0 Å². The predicted molar refractivity (Wildman–Crippen MR) is 124 cm³/mol. The van der Waals surface area contributed by atoms with E-state index in [0.717, 1.165) is 11.3 Å². The zero-order valence-electron chi connectivity index (χ0n) is 17.3. The first kappa shape index (κ1) is 20.9. The number of fused-ring (bicyclic) bond motifs is 1. The maximum Gasteiger partial charge on any atom is 0.264 e. The Labute approximate surface area is 183 Å². The first-order chi connectivity index (χ1) is 14.9. The fourth-order valence-corrected chi connectivity index (χ4v) is 5.74. The summed E-state index contributed by atoms with van der Waals surface area (Å²) in [6.07, 6.45) is 2.31. The van der Waals surface area contributed by atoms with Gasteiger partial charge in [0.05, 0.1) is 10.6 Å². The zero-order valence-corrected chi connectivity index (χ0v) is 18.1. The topological polar surface area (TPSA) is 57.7 Å². The predicted octanol–water partition coefficient (Wildman–Crippen LogP) is 4.66. The minimum absolute atomic E-state index is 0.105. The number of amides is 1. The highest BCUT2D eigenvalue weighted by molar-refractivity contribution is 7.92. The molecule has 3 aromatic carbocycles. The molecule has 1 aliphatic heterocycles. The molecule has 6 heteroatoms. The summed E-state index contributed by atoms with van der Waals surface area (Å²) in [6, 6.07) is 22.9. The number of nitrogens with zero attached hydrogens (tertiary/aromatic N) is 2. The summed E-state index contributed by atoms with van der Waals surface area (Å²) in [5.74, 6) is -0.280. The zero-order chi connectivity index (χ0) is 22.0. The van der Waals surface area contributed by atoms with Gasteiger partial charge in [0.25, 0.3) is 15.9 Å². The highest BCUT2D eigenvalue weighted by atomic mass is 32.2. The number of anilines is 2. The van der Waals surface area contributed by atoms with Gasteiger partial charge in [0.2, 0.25) is 0 Å². The molecule has 1 amide bonds. The number of sulfonamides is 1. The van der Waals surface area contributed by atoms with Crippen LogP contribution in [0.4, 0.5) is 11.4 Å². The molecule has 0 radical (unpaired) electrons. The van der Waals surface area contributed by atoms with E-state index >= 15 is 0 Å². The highest BCUT2D eigenvalue weighted by Crippen LogP contribution is 2.36. The Morgan fingerprint density at radius 3 is 2.52 bits per heavy atom. The lowest BCUT2D eigenvalue weighted by molar-refractivity contribution is 0.0989. The minimum Gasteiger partial charge on any atom is -0.305 e. The number of carbonyl (C=O) groups excluding carboxylic acids is 1. The van der Waals surface area contributed by atoms with Gasteiger partial charge in [0, 0.05) is 23.8 Å². The van der Waals surface area contributed by atoms with Crippen LogP contribution in [0, 0.1) is 0 Å². The van der Waals surface area contributed by atoms with Crippen LogP contribution in [-0.2, 0) is 16.4 Å². The van der Waals surface area contributed by atoms with Crippen LogP contribution in [0.1, 0.15) is 22.8 Å². The lowest BCUT2D eigenvalue weighted by atomic mass is 10.1. The average molecular weight is 433 g/mol. The van der Waals surface area contributed by atoms with E-state index in [0.29, 0.717) is 24.2 Å². The Kier molecular flexibility index (Phi) is 5.65. The Bertz CT molecular complexity index is 1220. The normalized spacial score (nSPS) is 15.4. The Morgan fingerprint density at radius 1 is 1.06 bits per heavy atom. The molecule has 3 aromatic rings. The molecule has 31 heavy (non-hydrogen) atoms. The SMILES string of the molecule is C=CCN(C(=O)c1cccc(S(=O)(=O)N2c3ccccc3CC2C)c1)c1ccccc1. The van der Waals surface area contributed by atoms with Crippen LogP contribution < -0.4 is 9.21 Å². The van der Waals surface area contributed by atoms with E-state index in [-0.39, 0.29) is 16.8 Å². The Balaban J connectivity index is 1.71. The molecular weight excluding hydrogens is 408 g/mol. The van der Waals surface area contributed by atoms with Crippen LogP contribution in [-0.4, -0.2) is 26.9 Å². The summed E-state index contributed by atoms with van der Waals surface area (Å²) >= 11 is 0. The molecule has 0 fully saturated rings. The number of rotatable bonds is 6. The van der Waals surface area contributed by atoms with Gasteiger partial charge in [0.1, 0.15) is 0 Å². The van der Waals surface area contributed by atoms with Crippen molar-refractivity contribution in [3.05, 3.63) is 103 Å². The molecule has 5 nitrogen and oxygen atoms in total. The second-order valence-electron chi connectivity index (χ2n) is 7.55. The fourth-order valence-electron chi connectivity index (χ4n) is 4.01. The molecule has 158 valence electrons. The maximum absolute atomic E-state index is 13.5. The molecule has 4 rings (SSSR count). The third-order valence-corrected chi connectivity index (χ3v) is 7.33. The van der Waals surface area contributed by atoms with Crippen LogP contribution in [0.25, 0.3) is 0 Å². The minimum atomic E-state index is -3.82. The molecule has 0 aromatic heterocycles. The van der Waals surface area contributed by atoms with Gasteiger partial charge in [-0.1, -0.05) is 48.5 Å². The summed E-state index contributed by atoms with van der Waals surface area (Å²) in [4.78, 5) is 14.9. The summed E-state index contributed by atoms with van der Waals surface area (Å²) in [5, 5.41) is 0. The van der Waals surface area contributed by atoms with E-state index < -0.39 is 10.0 Å². The molecule has 0 N–H and O–H groups in total. The van der Waals surface area contributed by atoms with E-state index in [9.17, 15) is 13.2 Å². The van der Waals surface area contributed by atoms with Crippen LogP contribution in [0.5, 0.6) is 0 Å². The number of hydrogen-bond donors (Lipinski definition) is 0. The van der Waals surface area contributed by atoms with E-state index in [1.54, 1.807) is 29.2 Å². The molecule has 1 heterocycles. The van der Waals surface area contributed by atoms with Crippen molar-refractivity contribution in [2.45, 2.75) is 24.3 Å². The van der Waals surface area contributed by atoms with Gasteiger partial charge in [-0.15, -0.1) is 6.58 Å². The molecule has 0 saturated carbocycles. The lowest BCUT2D eigenvalue weighted by Crippen LogP contribution is -2.36. The van der Waals surface area contributed by atoms with E-state index in [4.69, 9.17) is 0 Å². The Morgan fingerprint density at radius 2 is 1.77 bits per heavy atom. The van der Waals surface area contributed by atoms with Crippen molar-refractivity contribution in [1.29, 1.82) is 0 Å². The molecule has 1 unspecified atom stereocenters. The molecule has 0 aliphatic carbocycles. The van der Waals surface area contributed by atoms with Crippen molar-refractivity contribution in [3.63, 3.8) is 0 Å². The molecule has 1 aliphatic rings. The van der Waals surface area contributed by atoms with Gasteiger partial charge >= 0.3 is 0 Å². The number of carbonyl (C=O) groups is 1. The summed E-state index contributed by atoms with van der Waals surface area (Å²) in [6.45, 7) is 5.96. The smallest absolute Gasteiger partial charge is 0.264 e. The highest BCUT2D eigenvalue weighted by Gasteiger charge is 2.36. The second-order valence-corrected chi connectivity index (χ2v) is 9.37. The van der Waals surface area contributed by atoms with Crippen LogP contribution in [0.3, 0.4) is 0 Å². The van der Waals surface area contributed by atoms with Crippen molar-refractivity contribution < 1.29 is 13.2 Å². The van der Waals surface area contributed by atoms with E-state index in [2.05, 4.69) is 6.58 Å². The van der Waals surface area contributed by atoms with Crippen LogP contribution in [0.15, 0.2) is 96.4 Å². The number of para-hydroxylation sites is 2. The monoisotopic (exact) mass is 432 g/mol. The van der Waals surface area contributed by atoms with E-state index in [1.165, 1.54) is 10.4 Å². The molecule has 0 spiro atoms. The van der Waals surface area contributed by atoms with Crippen molar-refractivity contribution in [2.24, 2.45) is 0 Å². The Hall–Kier alpha value is -3.38. The van der Waals surface area contributed by atoms with Gasteiger partial charge in [-0.2, -0.15) is 0 Å². The van der Waals surface area contributed by atoms with Gasteiger partial charge < -0.3 is 4.90 Å². The largest absolute Gasteiger partial charge is 0.305 e. The van der Waals surface area contributed by atoms with Crippen molar-refractivity contribution >= 4 is 27.3 Å². The summed E-state index contributed by atoms with van der Waals surface area (Å²) in [7, 11) is -3.82. The van der Waals surface area contributed by atoms with Crippen molar-refractivity contribution in [1.82, 2.24) is 0 Å². The first-order valence-corrected chi connectivity index (χ1v) is 11.6. The number of benzene rings is 3. The molecule has 0 bridgehead atoms. The van der Waals surface area contributed by atoms with Crippen molar-refractivity contribution in [2.75, 3.05) is 15.7 Å². The second kappa shape index (κ2) is 8.40. The molecule has 0 saturated heterocycles. The third-order valence-electron chi connectivity index (χ3n) is 5.41. The molecule has 1 atom stereocenters. The first-order valence-electron chi connectivity index (χ1n) is 10.1. The maximum atomic E-state index is 13.5.